The number of carbonyl (C=O) groups is 1. The van der Waals surface area contributed by atoms with Gasteiger partial charge in [-0.25, -0.2) is 4.79 Å². The highest BCUT2D eigenvalue weighted by molar-refractivity contribution is 6.33. The highest BCUT2D eigenvalue weighted by atomic mass is 35.5. The van der Waals surface area contributed by atoms with Gasteiger partial charge >= 0.3 is 12.0 Å². The van der Waals surface area contributed by atoms with E-state index in [0.717, 1.165) is 11.3 Å². The lowest BCUT2D eigenvalue weighted by molar-refractivity contribution is 0.0697. The fraction of sp³-hybridized carbons (Fsp3) is 0.130. The van der Waals surface area contributed by atoms with E-state index in [1.54, 1.807) is 12.1 Å². The lowest BCUT2D eigenvalue weighted by Gasteiger charge is -2.14. The Morgan fingerprint density at radius 1 is 1.09 bits per heavy atom. The van der Waals surface area contributed by atoms with Crippen LogP contribution in [0.4, 0.5) is 5.69 Å². The first-order valence-corrected chi connectivity index (χ1v) is 10.5. The summed E-state index contributed by atoms with van der Waals surface area (Å²) in [7, 11) is 0. The molecule has 0 radical (unpaired) electrons. The number of nitrogens with zero attached hydrogens (tertiary/aromatic N) is 4. The number of anilines is 1. The van der Waals surface area contributed by atoms with E-state index in [-0.39, 0.29) is 11.6 Å². The minimum Gasteiger partial charge on any atom is -0.490 e. The highest BCUT2D eigenvalue weighted by Gasteiger charge is 2.15. The van der Waals surface area contributed by atoms with Crippen molar-refractivity contribution in [2.75, 3.05) is 11.9 Å². The lowest BCUT2D eigenvalue weighted by atomic mass is 10.1. The lowest BCUT2D eigenvalue weighted by Crippen LogP contribution is -2.04. The molecular weight excluding hydrogens is 446 g/mol. The molecule has 0 spiro atoms. The van der Waals surface area contributed by atoms with E-state index in [2.05, 4.69) is 20.8 Å². The van der Waals surface area contributed by atoms with Crippen molar-refractivity contribution in [3.05, 3.63) is 82.9 Å². The van der Waals surface area contributed by atoms with Gasteiger partial charge in [0.2, 0.25) is 0 Å². The van der Waals surface area contributed by atoms with E-state index in [0.29, 0.717) is 35.4 Å². The average Bonchev–Trinajstić information content (AvgIpc) is 3.29. The van der Waals surface area contributed by atoms with Gasteiger partial charge in [0.15, 0.2) is 11.5 Å². The van der Waals surface area contributed by atoms with Crippen LogP contribution in [0.3, 0.4) is 0 Å². The molecule has 0 bridgehead atoms. The van der Waals surface area contributed by atoms with E-state index < -0.39 is 5.97 Å². The number of tetrazole rings is 1. The van der Waals surface area contributed by atoms with Gasteiger partial charge in [0.1, 0.15) is 0 Å². The molecule has 0 saturated heterocycles. The molecule has 0 unspecified atom stereocenters. The number of carboxylic acids is 1. The van der Waals surface area contributed by atoms with Crippen LogP contribution >= 0.6 is 11.6 Å². The van der Waals surface area contributed by atoms with Gasteiger partial charge in [-0.15, -0.1) is 0 Å². The van der Waals surface area contributed by atoms with Crippen LogP contribution in [0.5, 0.6) is 17.5 Å². The molecule has 2 N–H and O–H groups in total. The molecule has 0 aliphatic carbocycles. The molecular formula is C23H20ClN5O4. The number of nitrogens with one attached hydrogen (secondary N) is 1. The molecule has 4 rings (SSSR count). The molecule has 0 aliphatic rings. The molecule has 4 aromatic rings. The van der Waals surface area contributed by atoms with E-state index in [4.69, 9.17) is 21.1 Å². The maximum absolute atomic E-state index is 11.2. The SMILES string of the molecule is CCOc1cc(CNc2cc(C(=O)O)ccc2Cl)ccc1Oc1nnnn1-c1ccccc1. The van der Waals surface area contributed by atoms with Crippen molar-refractivity contribution < 1.29 is 19.4 Å². The Kier molecular flexibility index (Phi) is 6.70. The number of hydrogen-bond donors (Lipinski definition) is 2. The molecule has 3 aromatic carbocycles. The van der Waals surface area contributed by atoms with Gasteiger partial charge in [0.05, 0.1) is 28.6 Å². The first-order valence-electron chi connectivity index (χ1n) is 10.1. The molecule has 10 heteroatoms. The summed E-state index contributed by atoms with van der Waals surface area (Å²) in [6.45, 7) is 2.70. The number of aromatic nitrogens is 4. The van der Waals surface area contributed by atoms with Gasteiger partial charge in [0.25, 0.3) is 0 Å². The largest absolute Gasteiger partial charge is 0.490 e. The first kappa shape index (κ1) is 22.1. The highest BCUT2D eigenvalue weighted by Crippen LogP contribution is 2.33. The van der Waals surface area contributed by atoms with Gasteiger partial charge in [-0.2, -0.15) is 4.68 Å². The minimum absolute atomic E-state index is 0.150. The predicted molar refractivity (Wildman–Crippen MR) is 123 cm³/mol. The van der Waals surface area contributed by atoms with E-state index in [1.807, 2.05) is 49.4 Å². The van der Waals surface area contributed by atoms with Crippen molar-refractivity contribution in [3.63, 3.8) is 0 Å². The van der Waals surface area contributed by atoms with Gasteiger partial charge in [-0.1, -0.05) is 41.0 Å². The maximum atomic E-state index is 11.2. The fourth-order valence-corrected chi connectivity index (χ4v) is 3.26. The Hall–Kier alpha value is -4.11. The Morgan fingerprint density at radius 2 is 1.91 bits per heavy atom. The first-order chi connectivity index (χ1) is 16.0. The summed E-state index contributed by atoms with van der Waals surface area (Å²) < 4.78 is 13.2. The molecule has 0 fully saturated rings. The van der Waals surface area contributed by atoms with E-state index in [9.17, 15) is 9.90 Å². The smallest absolute Gasteiger partial charge is 0.346 e. The summed E-state index contributed by atoms with van der Waals surface area (Å²) in [5, 5.41) is 24.5. The third-order valence-electron chi connectivity index (χ3n) is 4.65. The number of para-hydroxylation sites is 1. The average molecular weight is 466 g/mol. The number of halogens is 1. The van der Waals surface area contributed by atoms with Crippen LogP contribution in [0.2, 0.25) is 5.02 Å². The Labute approximate surface area is 194 Å². The molecule has 33 heavy (non-hydrogen) atoms. The van der Waals surface area contributed by atoms with Crippen molar-refractivity contribution in [3.8, 4) is 23.2 Å². The summed E-state index contributed by atoms with van der Waals surface area (Å²) in [5.74, 6) is -0.0454. The quantitative estimate of drug-likeness (QED) is 0.362. The Balaban J connectivity index is 1.54. The fourth-order valence-electron chi connectivity index (χ4n) is 3.08. The molecule has 0 saturated carbocycles. The van der Waals surface area contributed by atoms with Gasteiger partial charge < -0.3 is 19.9 Å². The molecule has 9 nitrogen and oxygen atoms in total. The number of aromatic carboxylic acids is 1. The molecule has 168 valence electrons. The zero-order valence-corrected chi connectivity index (χ0v) is 18.4. The monoisotopic (exact) mass is 465 g/mol. The van der Waals surface area contributed by atoms with Crippen molar-refractivity contribution >= 4 is 23.3 Å². The zero-order valence-electron chi connectivity index (χ0n) is 17.6. The van der Waals surface area contributed by atoms with Gasteiger partial charge in [0, 0.05) is 6.54 Å². The van der Waals surface area contributed by atoms with Gasteiger partial charge in [-0.05, 0) is 65.4 Å². The second-order valence-electron chi connectivity index (χ2n) is 6.88. The van der Waals surface area contributed by atoms with Crippen LogP contribution in [0.1, 0.15) is 22.8 Å². The van der Waals surface area contributed by atoms with Crippen molar-refractivity contribution in [2.24, 2.45) is 0 Å². The Bertz CT molecular complexity index is 1260. The summed E-state index contributed by atoms with van der Waals surface area (Å²) in [6, 6.07) is 19.6. The zero-order chi connectivity index (χ0) is 23.2. The number of rotatable bonds is 9. The minimum atomic E-state index is -1.02. The van der Waals surface area contributed by atoms with Crippen LogP contribution in [0, 0.1) is 0 Å². The van der Waals surface area contributed by atoms with Crippen LogP contribution < -0.4 is 14.8 Å². The molecule has 1 heterocycles. The predicted octanol–water partition coefficient (Wildman–Crippen LogP) is 4.82. The van der Waals surface area contributed by atoms with Crippen molar-refractivity contribution in [1.29, 1.82) is 0 Å². The molecule has 0 amide bonds. The summed E-state index contributed by atoms with van der Waals surface area (Å²) in [5.41, 5.74) is 2.32. The Morgan fingerprint density at radius 3 is 2.67 bits per heavy atom. The summed E-state index contributed by atoms with van der Waals surface area (Å²) in [6.07, 6.45) is 0. The number of hydrogen-bond acceptors (Lipinski definition) is 7. The van der Waals surface area contributed by atoms with Crippen molar-refractivity contribution in [1.82, 2.24) is 20.2 Å². The number of carboxylic acid groups (broad SMARTS) is 1. The van der Waals surface area contributed by atoms with E-state index in [1.165, 1.54) is 16.8 Å². The third-order valence-corrected chi connectivity index (χ3v) is 4.98. The second kappa shape index (κ2) is 10.0. The number of benzene rings is 3. The van der Waals surface area contributed by atoms with Crippen LogP contribution in [-0.4, -0.2) is 37.9 Å². The van der Waals surface area contributed by atoms with Crippen LogP contribution in [-0.2, 0) is 6.54 Å². The van der Waals surface area contributed by atoms with Crippen molar-refractivity contribution in [2.45, 2.75) is 13.5 Å². The summed E-state index contributed by atoms with van der Waals surface area (Å²) in [4.78, 5) is 11.2. The molecule has 0 aliphatic heterocycles. The normalized spacial score (nSPS) is 10.6. The summed E-state index contributed by atoms with van der Waals surface area (Å²) >= 11 is 6.20. The molecule has 0 atom stereocenters. The van der Waals surface area contributed by atoms with Crippen LogP contribution in [0.15, 0.2) is 66.7 Å². The topological polar surface area (TPSA) is 111 Å². The molecule has 1 aromatic heterocycles. The maximum Gasteiger partial charge on any atom is 0.346 e. The van der Waals surface area contributed by atoms with E-state index >= 15 is 0 Å². The second-order valence-corrected chi connectivity index (χ2v) is 7.29. The van der Waals surface area contributed by atoms with Gasteiger partial charge in [-0.3, -0.25) is 0 Å². The number of ether oxygens (including phenoxy) is 2. The third kappa shape index (κ3) is 5.21. The van der Waals surface area contributed by atoms with Crippen LogP contribution in [0.25, 0.3) is 5.69 Å². The standard InChI is InChI=1S/C23H20ClN5O4/c1-2-32-21-12-15(14-25-19-13-16(22(30)31)9-10-18(19)24)8-11-20(21)33-23-26-27-28-29(23)17-6-4-3-5-7-17/h3-13,25H,2,14H2,1H3,(H,30,31).